The van der Waals surface area contributed by atoms with Gasteiger partial charge in [0.15, 0.2) is 28.2 Å². The van der Waals surface area contributed by atoms with E-state index in [-0.39, 0.29) is 22.7 Å². The highest BCUT2D eigenvalue weighted by molar-refractivity contribution is 6.70. The Morgan fingerprint density at radius 2 is 0.973 bits per heavy atom. The molecule has 0 spiro atoms. The first-order valence-corrected chi connectivity index (χ1v) is 19.4. The van der Waals surface area contributed by atoms with Crippen LogP contribution in [-0.2, 0) is 15.3 Å². The fraction of sp³-hybridized carbons (Fsp3) is 0.448. The second-order valence-electron chi connectivity index (χ2n) is 12.7. The summed E-state index contributed by atoms with van der Waals surface area (Å²) in [5, 5.41) is 0. The molecule has 0 aromatic heterocycles. The zero-order valence-electron chi connectivity index (χ0n) is 23.6. The zero-order chi connectivity index (χ0) is 28.1. The number of carbonyl (C=O) groups excluding carboxylic acids is 4. The number of fused-ring (bicyclic) bond motifs is 2. The molecule has 37 heavy (non-hydrogen) atoms. The van der Waals surface area contributed by atoms with E-state index in [0.29, 0.717) is 28.7 Å². The summed E-state index contributed by atoms with van der Waals surface area (Å²) in [5.41, 5.74) is 0.305. The van der Waals surface area contributed by atoms with Crippen molar-refractivity contribution >= 4 is 39.8 Å². The van der Waals surface area contributed by atoms with Gasteiger partial charge in [0.05, 0.1) is 0 Å². The van der Waals surface area contributed by atoms with Gasteiger partial charge >= 0.3 is 0 Å². The molecule has 2 aromatic rings. The minimum Gasteiger partial charge on any atom is -0.405 e. The molecule has 0 N–H and O–H groups in total. The van der Waals surface area contributed by atoms with Gasteiger partial charge in [0.25, 0.3) is 0 Å². The molecule has 2 aromatic carbocycles. The third kappa shape index (κ3) is 6.49. The van der Waals surface area contributed by atoms with Crippen molar-refractivity contribution in [2.45, 2.75) is 84.6 Å². The lowest BCUT2D eigenvalue weighted by Gasteiger charge is -2.31. The molecule has 0 fully saturated rings. The average Bonchev–Trinajstić information content (AvgIpc) is 2.83. The van der Waals surface area contributed by atoms with E-state index in [0.717, 1.165) is 0 Å². The van der Waals surface area contributed by atoms with Gasteiger partial charge < -0.3 is 8.85 Å². The number of Topliss-reactive ketones (excluding diaryl/α,β-unsaturated/α-hetero) is 4. The lowest BCUT2D eigenvalue weighted by molar-refractivity contribution is 0.0556. The quantitative estimate of drug-likeness (QED) is 0.223. The predicted octanol–water partition coefficient (Wildman–Crippen LogP) is 6.28. The monoisotopic (exact) mass is 538 g/mol. The molecule has 0 heterocycles. The van der Waals surface area contributed by atoms with Gasteiger partial charge in [-0.15, -0.1) is 0 Å². The highest BCUT2D eigenvalue weighted by atomic mass is 28.4. The highest BCUT2D eigenvalue weighted by Gasteiger charge is 2.38. The Labute approximate surface area is 222 Å². The van der Waals surface area contributed by atoms with Crippen LogP contribution in [0.1, 0.15) is 80.3 Å². The summed E-state index contributed by atoms with van der Waals surface area (Å²) in [6.45, 7) is 19.0. The Bertz CT molecular complexity index is 1190. The summed E-state index contributed by atoms with van der Waals surface area (Å²) in [6.07, 6.45) is 0.342. The van der Waals surface area contributed by atoms with Gasteiger partial charge in [0.2, 0.25) is 11.6 Å². The number of carbonyl (C=O) groups is 4. The molecule has 6 nitrogen and oxygen atoms in total. The first-order chi connectivity index (χ1) is 16.7. The van der Waals surface area contributed by atoms with Crippen LogP contribution in [0.4, 0.5) is 0 Å². The van der Waals surface area contributed by atoms with E-state index in [1.54, 1.807) is 52.0 Å². The second-order valence-corrected chi connectivity index (χ2v) is 21.5. The van der Waals surface area contributed by atoms with Crippen LogP contribution in [0.15, 0.2) is 36.4 Å². The van der Waals surface area contributed by atoms with Gasteiger partial charge in [-0.05, 0) is 96.7 Å². The largest absolute Gasteiger partial charge is 0.405 e. The Balaban J connectivity index is 1.98. The summed E-state index contributed by atoms with van der Waals surface area (Å²) < 4.78 is 12.2. The van der Waals surface area contributed by atoms with Crippen LogP contribution in [0.3, 0.4) is 0 Å². The van der Waals surface area contributed by atoms with Crippen molar-refractivity contribution in [1.29, 1.82) is 0 Å². The van der Waals surface area contributed by atoms with Crippen molar-refractivity contribution in [1.82, 2.24) is 0 Å². The minimum atomic E-state index is -2.01. The molecule has 1 aliphatic rings. The topological polar surface area (TPSA) is 86.7 Å². The summed E-state index contributed by atoms with van der Waals surface area (Å²) in [4.78, 5) is 53.2. The molecule has 1 aliphatic carbocycles. The maximum atomic E-state index is 13.3. The molecule has 0 atom stereocenters. The van der Waals surface area contributed by atoms with Crippen LogP contribution in [0.2, 0.25) is 39.3 Å². The van der Waals surface area contributed by atoms with Crippen molar-refractivity contribution in [3.05, 3.63) is 69.8 Å². The highest BCUT2D eigenvalue weighted by Crippen LogP contribution is 2.30. The molecule has 198 valence electrons. The minimum absolute atomic E-state index is 0.214. The van der Waals surface area contributed by atoms with E-state index in [1.165, 1.54) is 12.1 Å². The van der Waals surface area contributed by atoms with Crippen LogP contribution in [-0.4, -0.2) is 51.0 Å². The molecular weight excluding hydrogens is 500 g/mol. The molecular formula is C29H38O6Si2. The van der Waals surface area contributed by atoms with Crippen LogP contribution >= 0.6 is 0 Å². The van der Waals surface area contributed by atoms with Crippen LogP contribution < -0.4 is 0 Å². The molecule has 3 rings (SSSR count). The van der Waals surface area contributed by atoms with E-state index < -0.39 is 39.4 Å². The Hall–Kier alpha value is -2.53. The van der Waals surface area contributed by atoms with E-state index in [2.05, 4.69) is 0 Å². The molecule has 0 saturated carbocycles. The maximum absolute atomic E-state index is 13.3. The van der Waals surface area contributed by atoms with Gasteiger partial charge in [0, 0.05) is 22.3 Å². The van der Waals surface area contributed by atoms with Crippen molar-refractivity contribution in [3.8, 4) is 0 Å². The van der Waals surface area contributed by atoms with E-state index in [1.807, 2.05) is 39.3 Å². The standard InChI is InChI=1S/C29H38O6Si2/c1-28(2,34-36(5,6)7)26(32)20-13-11-18-15-19-12-14-21(27(33)29(3,4)35-37(8,9)10)17-23(19)25(31)24(30)22(18)16-20/h11-14,16-17H,15H2,1-10H3. The normalized spacial score (nSPS) is 14.6. The molecule has 0 amide bonds. The van der Waals surface area contributed by atoms with Gasteiger partial charge in [-0.1, -0.05) is 24.3 Å². The summed E-state index contributed by atoms with van der Waals surface area (Å²) >= 11 is 0. The van der Waals surface area contributed by atoms with Crippen LogP contribution in [0.25, 0.3) is 0 Å². The number of benzene rings is 2. The molecule has 0 radical (unpaired) electrons. The Morgan fingerprint density at radius 3 is 1.27 bits per heavy atom. The SMILES string of the molecule is CC(C)(O[Si](C)(C)C)C(=O)c1ccc2c(c1)C(=O)C(=O)c1cc(C(=O)C(C)(C)O[Si](C)(C)C)ccc1C2. The fourth-order valence-electron chi connectivity index (χ4n) is 4.94. The van der Waals surface area contributed by atoms with Crippen molar-refractivity contribution in [3.63, 3.8) is 0 Å². The fourth-order valence-corrected chi connectivity index (χ4v) is 8.18. The number of rotatable bonds is 8. The first-order valence-electron chi connectivity index (χ1n) is 12.6. The lowest BCUT2D eigenvalue weighted by atomic mass is 9.91. The molecule has 0 aliphatic heterocycles. The first kappa shape index (κ1) is 29.0. The maximum Gasteiger partial charge on any atom is 0.233 e. The van der Waals surface area contributed by atoms with Crippen molar-refractivity contribution in [2.75, 3.05) is 0 Å². The molecule has 8 heteroatoms. The number of ketones is 4. The summed E-state index contributed by atoms with van der Waals surface area (Å²) in [5.74, 6) is -1.85. The van der Waals surface area contributed by atoms with E-state index >= 15 is 0 Å². The van der Waals surface area contributed by atoms with Crippen molar-refractivity contribution in [2.24, 2.45) is 0 Å². The van der Waals surface area contributed by atoms with Gasteiger partial charge in [0.1, 0.15) is 11.2 Å². The third-order valence-electron chi connectivity index (χ3n) is 6.04. The van der Waals surface area contributed by atoms with Gasteiger partial charge in [-0.3, -0.25) is 19.2 Å². The summed E-state index contributed by atoms with van der Waals surface area (Å²) in [7, 11) is -4.02. The van der Waals surface area contributed by atoms with Gasteiger partial charge in [-0.2, -0.15) is 0 Å². The molecule has 0 bridgehead atoms. The van der Waals surface area contributed by atoms with Crippen LogP contribution in [0.5, 0.6) is 0 Å². The second kappa shape index (κ2) is 9.65. The lowest BCUT2D eigenvalue weighted by Crippen LogP contribution is -2.44. The number of hydrogen-bond donors (Lipinski definition) is 0. The number of hydrogen-bond acceptors (Lipinski definition) is 6. The van der Waals surface area contributed by atoms with Gasteiger partial charge in [-0.25, -0.2) is 0 Å². The smallest absolute Gasteiger partial charge is 0.233 e. The van der Waals surface area contributed by atoms with E-state index in [9.17, 15) is 19.2 Å². The third-order valence-corrected chi connectivity index (χ3v) is 8.28. The Kier molecular flexibility index (Phi) is 7.57. The summed E-state index contributed by atoms with van der Waals surface area (Å²) in [6, 6.07) is 9.86. The van der Waals surface area contributed by atoms with Crippen molar-refractivity contribution < 1.29 is 28.0 Å². The van der Waals surface area contributed by atoms with E-state index in [4.69, 9.17) is 8.85 Å². The Morgan fingerprint density at radius 1 is 0.649 bits per heavy atom. The molecule has 0 unspecified atom stereocenters. The average molecular weight is 539 g/mol. The predicted molar refractivity (Wildman–Crippen MR) is 150 cm³/mol. The molecule has 0 saturated heterocycles. The zero-order valence-corrected chi connectivity index (χ0v) is 25.6. The van der Waals surface area contributed by atoms with Crippen LogP contribution in [0, 0.1) is 0 Å².